The number of ether oxygens (including phenoxy) is 1. The lowest BCUT2D eigenvalue weighted by atomic mass is 10.0. The Morgan fingerprint density at radius 2 is 2.08 bits per heavy atom. The molecule has 3 rings (SSSR count). The molecule has 138 valence electrons. The quantitative estimate of drug-likeness (QED) is 0.800. The van der Waals surface area contributed by atoms with Crippen molar-refractivity contribution in [3.63, 3.8) is 0 Å². The van der Waals surface area contributed by atoms with Gasteiger partial charge in [0, 0.05) is 25.1 Å². The van der Waals surface area contributed by atoms with Crippen LogP contribution in [-0.2, 0) is 21.2 Å². The minimum absolute atomic E-state index is 0.0225. The second-order valence-electron chi connectivity index (χ2n) is 7.33. The van der Waals surface area contributed by atoms with E-state index >= 15 is 0 Å². The van der Waals surface area contributed by atoms with Gasteiger partial charge in [-0.3, -0.25) is 4.79 Å². The highest BCUT2D eigenvalue weighted by Crippen LogP contribution is 2.28. The summed E-state index contributed by atoms with van der Waals surface area (Å²) in [6.07, 6.45) is 0.888. The predicted molar refractivity (Wildman–Crippen MR) is 96.2 cm³/mol. The van der Waals surface area contributed by atoms with Gasteiger partial charge in [0.25, 0.3) is 0 Å². The van der Waals surface area contributed by atoms with E-state index in [9.17, 15) is 13.2 Å². The van der Waals surface area contributed by atoms with Crippen LogP contribution in [0.2, 0.25) is 0 Å². The van der Waals surface area contributed by atoms with Gasteiger partial charge in [0.2, 0.25) is 5.91 Å². The molecule has 0 unspecified atom stereocenters. The summed E-state index contributed by atoms with van der Waals surface area (Å²) in [7, 11) is 0.989. The minimum atomic E-state index is -2.96. The van der Waals surface area contributed by atoms with E-state index in [0.29, 0.717) is 32.5 Å². The smallest absolute Gasteiger partial charge is 0.223 e. The summed E-state index contributed by atoms with van der Waals surface area (Å²) in [5, 5.41) is 0. The van der Waals surface area contributed by atoms with Gasteiger partial charge in [-0.05, 0) is 32.5 Å². The highest BCUT2D eigenvalue weighted by Gasteiger charge is 2.34. The molecule has 2 heterocycles. The average Bonchev–Trinajstić information content (AvgIpc) is 2.77. The molecule has 0 radical (unpaired) electrons. The first kappa shape index (κ1) is 18.2. The maximum atomic E-state index is 13.0. The summed E-state index contributed by atoms with van der Waals surface area (Å²) in [6.45, 7) is 1.67. The third-order valence-corrected chi connectivity index (χ3v) is 6.71. The van der Waals surface area contributed by atoms with Crippen molar-refractivity contribution in [2.24, 2.45) is 5.92 Å². The first-order valence-electron chi connectivity index (χ1n) is 8.69. The van der Waals surface area contributed by atoms with Crippen LogP contribution in [0.3, 0.4) is 0 Å². The van der Waals surface area contributed by atoms with Gasteiger partial charge in [-0.2, -0.15) is 0 Å². The van der Waals surface area contributed by atoms with E-state index in [2.05, 4.69) is 0 Å². The number of para-hydroxylation sites is 1. The predicted octanol–water partition coefficient (Wildman–Crippen LogP) is 1.16. The van der Waals surface area contributed by atoms with E-state index in [4.69, 9.17) is 4.74 Å². The molecule has 0 saturated carbocycles. The lowest BCUT2D eigenvalue weighted by Crippen LogP contribution is -2.47. The lowest BCUT2D eigenvalue weighted by molar-refractivity contribution is -0.135. The van der Waals surface area contributed by atoms with Crippen molar-refractivity contribution in [1.29, 1.82) is 0 Å². The monoisotopic (exact) mass is 366 g/mol. The summed E-state index contributed by atoms with van der Waals surface area (Å²) in [5.41, 5.74) is 0.996. The highest BCUT2D eigenvalue weighted by molar-refractivity contribution is 7.91. The van der Waals surface area contributed by atoms with Crippen LogP contribution in [0.5, 0.6) is 5.75 Å². The van der Waals surface area contributed by atoms with Gasteiger partial charge < -0.3 is 14.5 Å². The van der Waals surface area contributed by atoms with Crippen LogP contribution in [0.25, 0.3) is 0 Å². The Kier molecular flexibility index (Phi) is 5.34. The highest BCUT2D eigenvalue weighted by atomic mass is 32.2. The largest absolute Gasteiger partial charge is 0.491 e. The van der Waals surface area contributed by atoms with E-state index < -0.39 is 9.84 Å². The fourth-order valence-electron chi connectivity index (χ4n) is 3.63. The van der Waals surface area contributed by atoms with Gasteiger partial charge in [-0.25, -0.2) is 8.42 Å². The second kappa shape index (κ2) is 7.33. The normalized spacial score (nSPS) is 25.3. The molecule has 25 heavy (non-hydrogen) atoms. The number of carbonyl (C=O) groups excluding carboxylic acids is 1. The topological polar surface area (TPSA) is 66.9 Å². The van der Waals surface area contributed by atoms with Crippen LogP contribution in [0.15, 0.2) is 24.3 Å². The number of carbonyl (C=O) groups is 1. The van der Waals surface area contributed by atoms with Crippen molar-refractivity contribution in [3.05, 3.63) is 29.8 Å². The first-order valence-corrected chi connectivity index (χ1v) is 10.5. The van der Waals surface area contributed by atoms with Crippen molar-refractivity contribution in [2.45, 2.75) is 25.4 Å². The van der Waals surface area contributed by atoms with E-state index in [-0.39, 0.29) is 29.4 Å². The van der Waals surface area contributed by atoms with Crippen LogP contribution in [0, 0.1) is 5.92 Å². The molecule has 0 N–H and O–H groups in total. The molecular formula is C18H26N2O4S. The zero-order valence-corrected chi connectivity index (χ0v) is 15.7. The van der Waals surface area contributed by atoms with Crippen molar-refractivity contribution in [1.82, 2.24) is 9.80 Å². The van der Waals surface area contributed by atoms with Gasteiger partial charge in [0.15, 0.2) is 9.84 Å². The second-order valence-corrected chi connectivity index (χ2v) is 9.56. The molecule has 1 aromatic rings. The van der Waals surface area contributed by atoms with E-state index in [1.165, 1.54) is 0 Å². The number of fused-ring (bicyclic) bond motifs is 1. The van der Waals surface area contributed by atoms with Gasteiger partial charge in [0.1, 0.15) is 12.4 Å². The molecule has 7 heteroatoms. The summed E-state index contributed by atoms with van der Waals surface area (Å²) in [6, 6.07) is 7.74. The van der Waals surface area contributed by atoms with Crippen LogP contribution < -0.4 is 4.74 Å². The fraction of sp³-hybridized carbons (Fsp3) is 0.611. The SMILES string of the molecule is CN(C)C[C@H]1COc2ccccc2CN1C(=O)C[C@H]1CCS(=O)(=O)C1. The summed E-state index contributed by atoms with van der Waals surface area (Å²) >= 11 is 0. The summed E-state index contributed by atoms with van der Waals surface area (Å²) < 4.78 is 29.3. The Labute approximate surface area is 149 Å². The average molecular weight is 366 g/mol. The van der Waals surface area contributed by atoms with Gasteiger partial charge in [-0.1, -0.05) is 18.2 Å². The van der Waals surface area contributed by atoms with Gasteiger partial charge in [0.05, 0.1) is 17.5 Å². The number of nitrogens with zero attached hydrogens (tertiary/aromatic N) is 2. The first-order chi connectivity index (χ1) is 11.8. The standard InChI is InChI=1S/C18H26N2O4S/c1-19(2)11-16-12-24-17-6-4-3-5-15(17)10-20(16)18(21)9-14-7-8-25(22,23)13-14/h3-6,14,16H,7-13H2,1-2H3/t14-,16+/m1/s1. The van der Waals surface area contributed by atoms with Crippen LogP contribution in [0.4, 0.5) is 0 Å². The molecule has 2 atom stereocenters. The maximum Gasteiger partial charge on any atom is 0.223 e. The van der Waals surface area contributed by atoms with Gasteiger partial charge >= 0.3 is 0 Å². The molecule has 1 aromatic carbocycles. The Morgan fingerprint density at radius 1 is 1.32 bits per heavy atom. The Morgan fingerprint density at radius 3 is 2.76 bits per heavy atom. The Hall–Kier alpha value is -1.60. The molecule has 0 bridgehead atoms. The van der Waals surface area contributed by atoms with E-state index in [1.54, 1.807) is 0 Å². The maximum absolute atomic E-state index is 13.0. The minimum Gasteiger partial charge on any atom is -0.491 e. The third kappa shape index (κ3) is 4.52. The van der Waals surface area contributed by atoms with Crippen molar-refractivity contribution in [3.8, 4) is 5.75 Å². The summed E-state index contributed by atoms with van der Waals surface area (Å²) in [4.78, 5) is 16.9. The van der Waals surface area contributed by atoms with Crippen molar-refractivity contribution in [2.75, 3.05) is 38.8 Å². The number of hydrogen-bond acceptors (Lipinski definition) is 5. The number of hydrogen-bond donors (Lipinski definition) is 0. The van der Waals surface area contributed by atoms with Crippen LogP contribution in [-0.4, -0.2) is 68.9 Å². The lowest BCUT2D eigenvalue weighted by Gasteiger charge is -2.32. The zero-order chi connectivity index (χ0) is 18.0. The molecule has 2 aliphatic rings. The van der Waals surface area contributed by atoms with Crippen molar-refractivity contribution >= 4 is 15.7 Å². The third-order valence-electron chi connectivity index (χ3n) is 4.87. The number of rotatable bonds is 4. The molecule has 1 fully saturated rings. The number of sulfone groups is 1. The number of likely N-dealkylation sites (N-methyl/N-ethyl adjacent to an activating group) is 1. The molecule has 2 aliphatic heterocycles. The molecular weight excluding hydrogens is 340 g/mol. The number of amides is 1. The molecule has 1 amide bonds. The van der Waals surface area contributed by atoms with Crippen LogP contribution >= 0.6 is 0 Å². The Balaban J connectivity index is 1.77. The van der Waals surface area contributed by atoms with E-state index in [0.717, 1.165) is 11.3 Å². The summed E-state index contributed by atoms with van der Waals surface area (Å²) in [5.74, 6) is 1.13. The van der Waals surface area contributed by atoms with Crippen molar-refractivity contribution < 1.29 is 17.9 Å². The molecule has 0 aliphatic carbocycles. The molecule has 0 spiro atoms. The van der Waals surface area contributed by atoms with Gasteiger partial charge in [-0.15, -0.1) is 0 Å². The Bertz CT molecular complexity index is 732. The number of benzene rings is 1. The molecule has 1 saturated heterocycles. The molecule has 6 nitrogen and oxygen atoms in total. The fourth-order valence-corrected chi connectivity index (χ4v) is 5.49. The molecule has 0 aromatic heterocycles. The van der Waals surface area contributed by atoms with Crippen LogP contribution in [0.1, 0.15) is 18.4 Å². The van der Waals surface area contributed by atoms with E-state index in [1.807, 2.05) is 48.2 Å². The zero-order valence-electron chi connectivity index (χ0n) is 14.8.